The van der Waals surface area contributed by atoms with Crippen LogP contribution in [0.25, 0.3) is 10.4 Å². The molecule has 2 N–H and O–H groups in total. The van der Waals surface area contributed by atoms with E-state index in [0.29, 0.717) is 17.7 Å². The van der Waals surface area contributed by atoms with Crippen molar-refractivity contribution in [2.45, 2.75) is 63.7 Å². The molecule has 6 nitrogen and oxygen atoms in total. The zero-order valence-corrected chi connectivity index (χ0v) is 20.8. The largest absolute Gasteiger partial charge is 0.496 e. The number of ether oxygens (including phenoxy) is 4. The summed E-state index contributed by atoms with van der Waals surface area (Å²) in [5.41, 5.74) is 3.55. The smallest absolute Gasteiger partial charge is 0.190 e. The number of benzene rings is 2. The summed E-state index contributed by atoms with van der Waals surface area (Å²) < 4.78 is 36.2. The van der Waals surface area contributed by atoms with Crippen LogP contribution in [0.4, 0.5) is 4.39 Å². The van der Waals surface area contributed by atoms with E-state index in [0.717, 1.165) is 26.4 Å². The van der Waals surface area contributed by atoms with E-state index in [1.165, 1.54) is 12.1 Å². The van der Waals surface area contributed by atoms with Crippen LogP contribution >= 0.6 is 11.3 Å². The van der Waals surface area contributed by atoms with Gasteiger partial charge in [-0.3, -0.25) is 0 Å². The van der Waals surface area contributed by atoms with Crippen molar-refractivity contribution in [1.82, 2.24) is 0 Å². The Morgan fingerprint density at radius 1 is 1.11 bits per heavy atom. The summed E-state index contributed by atoms with van der Waals surface area (Å²) in [5.74, 6) is -0.590. The van der Waals surface area contributed by atoms with Crippen molar-refractivity contribution in [3.8, 4) is 16.2 Å². The van der Waals surface area contributed by atoms with E-state index >= 15 is 0 Å². The summed E-state index contributed by atoms with van der Waals surface area (Å²) in [4.78, 5) is 2.19. The molecule has 186 valence electrons. The minimum absolute atomic E-state index is 0.257. The van der Waals surface area contributed by atoms with E-state index in [2.05, 4.69) is 6.07 Å². The van der Waals surface area contributed by atoms with E-state index in [4.69, 9.17) is 18.9 Å². The standard InChI is InChI=1S/C27H29FO6S/c1-14-11-20(31-4)19(22(29)24-23(30)25-26(32-24)34-27(2,3)33-25)13-16(14)12-18-9-10-21(35-18)15-5-7-17(28)8-6-15/h5-11,13,22-26,29-30H,12H2,1-4H3/t22?,23-,24+,25+,26+/m1/s1. The number of rotatable bonds is 6. The van der Waals surface area contributed by atoms with Gasteiger partial charge in [0.05, 0.1) is 7.11 Å². The molecule has 0 saturated carbocycles. The summed E-state index contributed by atoms with van der Waals surface area (Å²) >= 11 is 1.64. The van der Waals surface area contributed by atoms with Gasteiger partial charge in [0, 0.05) is 21.7 Å². The molecule has 1 unspecified atom stereocenters. The predicted molar refractivity (Wildman–Crippen MR) is 130 cm³/mol. The number of aliphatic hydroxyl groups excluding tert-OH is 2. The van der Waals surface area contributed by atoms with Gasteiger partial charge in [0.2, 0.25) is 0 Å². The Hall–Kier alpha value is -2.33. The van der Waals surface area contributed by atoms with Gasteiger partial charge in [0.15, 0.2) is 12.1 Å². The molecular weight excluding hydrogens is 471 g/mol. The molecule has 0 aliphatic carbocycles. The topological polar surface area (TPSA) is 77.4 Å². The van der Waals surface area contributed by atoms with Gasteiger partial charge in [-0.05, 0) is 73.9 Å². The molecule has 1 aromatic heterocycles. The minimum atomic E-state index is -1.14. The van der Waals surface area contributed by atoms with Gasteiger partial charge in [-0.1, -0.05) is 12.1 Å². The Bertz CT molecular complexity index is 1210. The van der Waals surface area contributed by atoms with E-state index in [1.54, 1.807) is 44.4 Å². The summed E-state index contributed by atoms with van der Waals surface area (Å²) in [6.45, 7) is 5.51. The molecule has 0 bridgehead atoms. The lowest BCUT2D eigenvalue weighted by Crippen LogP contribution is -2.37. The summed E-state index contributed by atoms with van der Waals surface area (Å²) in [7, 11) is 1.55. The quantitative estimate of drug-likeness (QED) is 0.510. The number of hydrogen-bond donors (Lipinski definition) is 2. The summed E-state index contributed by atoms with van der Waals surface area (Å²) in [6.07, 6.45) is -3.87. The fraction of sp³-hybridized carbons (Fsp3) is 0.407. The molecule has 5 rings (SSSR count). The van der Waals surface area contributed by atoms with Crippen molar-refractivity contribution < 1.29 is 33.6 Å². The highest BCUT2D eigenvalue weighted by Crippen LogP contribution is 2.43. The van der Waals surface area contributed by atoms with Crippen LogP contribution in [0.3, 0.4) is 0 Å². The first kappa shape index (κ1) is 24.4. The van der Waals surface area contributed by atoms with Crippen LogP contribution in [0, 0.1) is 12.7 Å². The number of aliphatic hydroxyl groups is 2. The Balaban J connectivity index is 1.38. The molecule has 2 aromatic carbocycles. The second-order valence-electron chi connectivity index (χ2n) is 9.47. The Morgan fingerprint density at radius 2 is 1.86 bits per heavy atom. The molecule has 0 radical (unpaired) electrons. The summed E-state index contributed by atoms with van der Waals surface area (Å²) in [6, 6.07) is 14.4. The van der Waals surface area contributed by atoms with Crippen LogP contribution in [-0.2, 0) is 20.6 Å². The van der Waals surface area contributed by atoms with E-state index in [-0.39, 0.29) is 5.82 Å². The third kappa shape index (κ3) is 4.74. The molecule has 3 heterocycles. The van der Waals surface area contributed by atoms with E-state index in [9.17, 15) is 14.6 Å². The van der Waals surface area contributed by atoms with Gasteiger partial charge >= 0.3 is 0 Å². The first-order valence-corrected chi connectivity index (χ1v) is 12.4. The van der Waals surface area contributed by atoms with Gasteiger partial charge < -0.3 is 29.2 Å². The molecule has 5 atom stereocenters. The average Bonchev–Trinajstić information content (AvgIpc) is 3.48. The maximum Gasteiger partial charge on any atom is 0.190 e. The van der Waals surface area contributed by atoms with Crippen LogP contribution in [0.1, 0.15) is 41.5 Å². The number of halogens is 1. The fourth-order valence-electron chi connectivity index (χ4n) is 4.73. The highest BCUT2D eigenvalue weighted by atomic mass is 32.1. The number of aryl methyl sites for hydroxylation is 1. The zero-order chi connectivity index (χ0) is 24.9. The molecule has 35 heavy (non-hydrogen) atoms. The number of hydrogen-bond acceptors (Lipinski definition) is 7. The number of fused-ring (bicyclic) bond motifs is 1. The zero-order valence-electron chi connectivity index (χ0n) is 20.0. The lowest BCUT2D eigenvalue weighted by atomic mass is 9.93. The molecule has 2 fully saturated rings. The van der Waals surface area contributed by atoms with E-state index < -0.39 is 36.5 Å². The monoisotopic (exact) mass is 500 g/mol. The van der Waals surface area contributed by atoms with Crippen molar-refractivity contribution in [3.63, 3.8) is 0 Å². The Morgan fingerprint density at radius 3 is 2.54 bits per heavy atom. The lowest BCUT2D eigenvalue weighted by Gasteiger charge is -2.27. The van der Waals surface area contributed by atoms with Gasteiger partial charge in [-0.15, -0.1) is 11.3 Å². The number of thiophene rings is 1. The second kappa shape index (κ2) is 9.28. The van der Waals surface area contributed by atoms with Gasteiger partial charge in [-0.2, -0.15) is 0 Å². The first-order chi connectivity index (χ1) is 16.6. The molecule has 2 aliphatic rings. The highest BCUT2D eigenvalue weighted by Gasteiger charge is 2.56. The minimum Gasteiger partial charge on any atom is -0.496 e. The van der Waals surface area contributed by atoms with Crippen LogP contribution in [0.5, 0.6) is 5.75 Å². The van der Waals surface area contributed by atoms with Crippen LogP contribution in [0.15, 0.2) is 48.5 Å². The SMILES string of the molecule is COc1cc(C)c(Cc2ccc(-c3ccc(F)cc3)s2)cc1C(O)[C@@H]1O[C@H]2OC(C)(C)O[C@H]2[C@@H]1O. The fourth-order valence-corrected chi connectivity index (χ4v) is 5.76. The predicted octanol–water partition coefficient (Wildman–Crippen LogP) is 4.73. The highest BCUT2D eigenvalue weighted by molar-refractivity contribution is 7.15. The molecule has 2 aliphatic heterocycles. The molecule has 3 aromatic rings. The molecule has 0 amide bonds. The Kier molecular flexibility index (Phi) is 6.46. The van der Waals surface area contributed by atoms with Gasteiger partial charge in [-0.25, -0.2) is 4.39 Å². The Labute approximate surface area is 207 Å². The summed E-state index contributed by atoms with van der Waals surface area (Å²) in [5, 5.41) is 22.1. The van der Waals surface area contributed by atoms with Crippen molar-refractivity contribution in [2.75, 3.05) is 7.11 Å². The molecular formula is C27H29FO6S. The average molecular weight is 501 g/mol. The first-order valence-electron chi connectivity index (χ1n) is 11.5. The van der Waals surface area contributed by atoms with E-state index in [1.807, 2.05) is 25.1 Å². The molecule has 0 spiro atoms. The van der Waals surface area contributed by atoms with Gasteiger partial charge in [0.1, 0.15) is 36.0 Å². The third-order valence-electron chi connectivity index (χ3n) is 6.53. The lowest BCUT2D eigenvalue weighted by molar-refractivity contribution is -0.226. The third-order valence-corrected chi connectivity index (χ3v) is 7.66. The number of methoxy groups -OCH3 is 1. The van der Waals surface area contributed by atoms with Crippen molar-refractivity contribution in [1.29, 1.82) is 0 Å². The maximum atomic E-state index is 13.3. The van der Waals surface area contributed by atoms with Crippen molar-refractivity contribution >= 4 is 11.3 Å². The van der Waals surface area contributed by atoms with Crippen molar-refractivity contribution in [2.24, 2.45) is 0 Å². The normalized spacial score (nSPS) is 26.0. The molecule has 8 heteroatoms. The van der Waals surface area contributed by atoms with Crippen LogP contribution in [-0.4, -0.2) is 47.7 Å². The molecule has 2 saturated heterocycles. The maximum absolute atomic E-state index is 13.3. The van der Waals surface area contributed by atoms with Crippen LogP contribution < -0.4 is 4.74 Å². The van der Waals surface area contributed by atoms with Crippen LogP contribution in [0.2, 0.25) is 0 Å². The van der Waals surface area contributed by atoms with Crippen molar-refractivity contribution in [3.05, 3.63) is 75.9 Å². The second-order valence-corrected chi connectivity index (χ2v) is 10.6. The van der Waals surface area contributed by atoms with Gasteiger partial charge in [0.25, 0.3) is 0 Å².